The highest BCUT2D eigenvalue weighted by atomic mass is 19.4. The van der Waals surface area contributed by atoms with Gasteiger partial charge in [-0.15, -0.1) is 13.2 Å². The van der Waals surface area contributed by atoms with Crippen molar-refractivity contribution in [3.8, 4) is 33.8 Å². The predicted octanol–water partition coefficient (Wildman–Crippen LogP) is 10.3. The summed E-state index contributed by atoms with van der Waals surface area (Å²) in [5, 5.41) is 0. The molecule has 4 rings (SSSR count). The summed E-state index contributed by atoms with van der Waals surface area (Å²) in [6, 6.07) is 13.0. The molecule has 0 fully saturated rings. The Morgan fingerprint density at radius 1 is 0.628 bits per heavy atom. The summed E-state index contributed by atoms with van der Waals surface area (Å²) in [4.78, 5) is 0. The third kappa shape index (κ3) is 7.88. The van der Waals surface area contributed by atoms with Crippen LogP contribution in [0.15, 0.2) is 72.8 Å². The van der Waals surface area contributed by atoms with Crippen LogP contribution in [0.1, 0.15) is 24.5 Å². The van der Waals surface area contributed by atoms with E-state index in [-0.39, 0.29) is 35.4 Å². The van der Waals surface area contributed by atoms with Gasteiger partial charge in [0.05, 0.1) is 0 Å². The van der Waals surface area contributed by atoms with Crippen molar-refractivity contribution in [3.05, 3.63) is 113 Å². The highest BCUT2D eigenvalue weighted by Crippen LogP contribution is 2.35. The van der Waals surface area contributed by atoms with Crippen LogP contribution in [0.25, 0.3) is 28.3 Å². The molecule has 0 radical (unpaired) electrons. The average molecular weight is 614 g/mol. The molecule has 0 aliphatic carbocycles. The quantitative estimate of drug-likeness (QED) is 0.175. The molecule has 4 aromatic rings. The molecule has 0 saturated heterocycles. The standard InChI is InChI=1S/C31H20F10O2/c1-2-3-17-4-6-18(7-5-17)19-8-9-22(24(32)12-19)20-13-25(33)23(26(34)14-20)10-11-30(37,38)42-21-15-27(35)29(28(36)16-21)43-31(39,40)41/h4-16H,2-3H2,1H3/b11-10+. The monoisotopic (exact) mass is 614 g/mol. The normalized spacial score (nSPS) is 12.2. The summed E-state index contributed by atoms with van der Waals surface area (Å²) in [7, 11) is 0. The van der Waals surface area contributed by atoms with Gasteiger partial charge in [-0.3, -0.25) is 0 Å². The first kappa shape index (κ1) is 31.5. The first-order valence-electron chi connectivity index (χ1n) is 12.5. The number of aryl methyl sites for hydroxylation is 1. The summed E-state index contributed by atoms with van der Waals surface area (Å²) in [5.41, 5.74) is 1.02. The second-order valence-corrected chi connectivity index (χ2v) is 9.26. The van der Waals surface area contributed by atoms with Gasteiger partial charge in [-0.25, -0.2) is 22.0 Å². The lowest BCUT2D eigenvalue weighted by molar-refractivity contribution is -0.276. The van der Waals surface area contributed by atoms with Gasteiger partial charge in [0, 0.05) is 29.3 Å². The Balaban J connectivity index is 1.53. The van der Waals surface area contributed by atoms with Crippen molar-refractivity contribution in [2.45, 2.75) is 32.2 Å². The number of hydrogen-bond acceptors (Lipinski definition) is 2. The van der Waals surface area contributed by atoms with Crippen LogP contribution in [0.2, 0.25) is 0 Å². The summed E-state index contributed by atoms with van der Waals surface area (Å²) < 4.78 is 145. The molecule has 12 heteroatoms. The molecule has 0 spiro atoms. The predicted molar refractivity (Wildman–Crippen MR) is 139 cm³/mol. The van der Waals surface area contributed by atoms with E-state index in [9.17, 15) is 43.9 Å². The highest BCUT2D eigenvalue weighted by molar-refractivity contribution is 5.72. The van der Waals surface area contributed by atoms with Crippen molar-refractivity contribution in [2.75, 3.05) is 0 Å². The number of rotatable bonds is 9. The molecule has 0 saturated carbocycles. The molecule has 0 aliphatic heterocycles. The van der Waals surface area contributed by atoms with Gasteiger partial charge in [0.25, 0.3) is 0 Å². The fourth-order valence-corrected chi connectivity index (χ4v) is 4.16. The molecule has 0 amide bonds. The summed E-state index contributed by atoms with van der Waals surface area (Å²) >= 11 is 0. The lowest BCUT2D eigenvalue weighted by Crippen LogP contribution is -2.22. The molecule has 4 aromatic carbocycles. The number of ether oxygens (including phenoxy) is 2. The Hall–Kier alpha value is -4.48. The van der Waals surface area contributed by atoms with Gasteiger partial charge in [0.15, 0.2) is 11.6 Å². The maximum Gasteiger partial charge on any atom is 0.573 e. The Morgan fingerprint density at radius 3 is 1.72 bits per heavy atom. The third-order valence-electron chi connectivity index (χ3n) is 6.07. The van der Waals surface area contributed by atoms with Crippen molar-refractivity contribution in [3.63, 3.8) is 0 Å². The van der Waals surface area contributed by atoms with E-state index >= 15 is 0 Å². The van der Waals surface area contributed by atoms with Crippen LogP contribution in [-0.4, -0.2) is 12.5 Å². The van der Waals surface area contributed by atoms with Crippen molar-refractivity contribution in [1.82, 2.24) is 0 Å². The summed E-state index contributed by atoms with van der Waals surface area (Å²) in [6.45, 7) is 2.04. The van der Waals surface area contributed by atoms with Gasteiger partial charge in [-0.2, -0.15) is 8.78 Å². The van der Waals surface area contributed by atoms with E-state index in [1.165, 1.54) is 12.1 Å². The Labute approximate surface area is 238 Å². The van der Waals surface area contributed by atoms with Crippen LogP contribution >= 0.6 is 0 Å². The Kier molecular flexibility index (Phi) is 9.07. The zero-order chi connectivity index (χ0) is 31.5. The summed E-state index contributed by atoms with van der Waals surface area (Å²) in [6.07, 6.45) is -7.91. The Morgan fingerprint density at radius 2 is 1.19 bits per heavy atom. The first-order chi connectivity index (χ1) is 20.2. The Bertz CT molecular complexity index is 1600. The SMILES string of the molecule is CCCc1ccc(-c2ccc(-c3cc(F)c(/C=C/C(F)(F)Oc4cc(F)c(OC(F)(F)F)c(F)c4)c(F)c3)c(F)c2)cc1. The third-order valence-corrected chi connectivity index (χ3v) is 6.07. The van der Waals surface area contributed by atoms with Crippen LogP contribution in [0.5, 0.6) is 11.5 Å². The van der Waals surface area contributed by atoms with Crippen LogP contribution in [0.3, 0.4) is 0 Å². The van der Waals surface area contributed by atoms with Crippen molar-refractivity contribution < 1.29 is 53.4 Å². The number of hydrogen-bond donors (Lipinski definition) is 0. The summed E-state index contributed by atoms with van der Waals surface area (Å²) in [5.74, 6) is -10.6. The molecule has 2 nitrogen and oxygen atoms in total. The topological polar surface area (TPSA) is 18.5 Å². The molecule has 0 unspecified atom stereocenters. The fraction of sp³-hybridized carbons (Fsp3) is 0.161. The van der Waals surface area contributed by atoms with E-state index in [1.54, 1.807) is 6.07 Å². The van der Waals surface area contributed by atoms with E-state index in [2.05, 4.69) is 9.47 Å². The van der Waals surface area contributed by atoms with Gasteiger partial charge >= 0.3 is 12.5 Å². The smallest absolute Gasteiger partial charge is 0.429 e. The number of alkyl halides is 5. The largest absolute Gasteiger partial charge is 0.573 e. The molecular weight excluding hydrogens is 594 g/mol. The van der Waals surface area contributed by atoms with E-state index in [0.717, 1.165) is 36.1 Å². The van der Waals surface area contributed by atoms with Crippen LogP contribution in [0, 0.1) is 29.1 Å². The van der Waals surface area contributed by atoms with E-state index in [0.29, 0.717) is 5.56 Å². The van der Waals surface area contributed by atoms with E-state index in [1.807, 2.05) is 31.2 Å². The van der Waals surface area contributed by atoms with Crippen LogP contribution < -0.4 is 9.47 Å². The minimum atomic E-state index is -5.46. The van der Waals surface area contributed by atoms with Gasteiger partial charge < -0.3 is 9.47 Å². The molecule has 0 aliphatic rings. The average Bonchev–Trinajstić information content (AvgIpc) is 2.90. The second-order valence-electron chi connectivity index (χ2n) is 9.26. The zero-order valence-corrected chi connectivity index (χ0v) is 22.0. The van der Waals surface area contributed by atoms with E-state index in [4.69, 9.17) is 0 Å². The van der Waals surface area contributed by atoms with Crippen molar-refractivity contribution >= 4 is 6.08 Å². The lowest BCUT2D eigenvalue weighted by Gasteiger charge is -2.16. The molecular formula is C31H20F10O2. The van der Waals surface area contributed by atoms with Crippen molar-refractivity contribution in [2.24, 2.45) is 0 Å². The maximum atomic E-state index is 15.0. The van der Waals surface area contributed by atoms with Gasteiger partial charge in [0.1, 0.15) is 23.2 Å². The minimum absolute atomic E-state index is 0.00315. The molecule has 0 heterocycles. The van der Waals surface area contributed by atoms with Crippen LogP contribution in [-0.2, 0) is 6.42 Å². The molecule has 0 atom stereocenters. The second kappa shape index (κ2) is 12.4. The lowest BCUT2D eigenvalue weighted by atomic mass is 9.97. The molecule has 0 aromatic heterocycles. The molecule has 0 bridgehead atoms. The fourth-order valence-electron chi connectivity index (χ4n) is 4.16. The number of benzene rings is 4. The maximum absolute atomic E-state index is 15.0. The number of halogens is 10. The highest BCUT2D eigenvalue weighted by Gasteiger charge is 2.35. The van der Waals surface area contributed by atoms with Gasteiger partial charge in [-0.1, -0.05) is 49.7 Å². The molecule has 226 valence electrons. The zero-order valence-electron chi connectivity index (χ0n) is 22.0. The molecule has 0 N–H and O–H groups in total. The van der Waals surface area contributed by atoms with Crippen molar-refractivity contribution in [1.29, 1.82) is 0 Å². The van der Waals surface area contributed by atoms with E-state index < -0.39 is 58.6 Å². The minimum Gasteiger partial charge on any atom is -0.429 e. The van der Waals surface area contributed by atoms with Gasteiger partial charge in [-0.05, 0) is 52.9 Å². The van der Waals surface area contributed by atoms with Gasteiger partial charge in [0.2, 0.25) is 5.75 Å². The first-order valence-corrected chi connectivity index (χ1v) is 12.5. The van der Waals surface area contributed by atoms with Crippen LogP contribution in [0.4, 0.5) is 43.9 Å². The molecule has 43 heavy (non-hydrogen) atoms.